The molecule has 0 radical (unpaired) electrons. The normalized spacial score (nSPS) is 25.3. The topological polar surface area (TPSA) is 108 Å². The van der Waals surface area contributed by atoms with Crippen molar-refractivity contribution in [3.8, 4) is 0 Å². The first-order valence-electron chi connectivity index (χ1n) is 5.47. The molecule has 2 amide bonds. The smallest absolute Gasteiger partial charge is 0.332 e. The average molecular weight is 246 g/mol. The van der Waals surface area contributed by atoms with Crippen molar-refractivity contribution in [3.05, 3.63) is 0 Å². The number of ether oxygens (including phenoxy) is 1. The van der Waals surface area contributed by atoms with Gasteiger partial charge in [-0.3, -0.25) is 0 Å². The summed E-state index contributed by atoms with van der Waals surface area (Å²) in [5.41, 5.74) is -0.366. The van der Waals surface area contributed by atoms with Crippen LogP contribution in [-0.4, -0.2) is 53.6 Å². The predicted molar refractivity (Wildman–Crippen MR) is 58.6 cm³/mol. The van der Waals surface area contributed by atoms with E-state index in [4.69, 9.17) is 14.9 Å². The van der Waals surface area contributed by atoms with E-state index in [9.17, 15) is 9.59 Å². The van der Waals surface area contributed by atoms with Crippen LogP contribution in [-0.2, 0) is 9.53 Å². The molecule has 7 heteroatoms. The quantitative estimate of drug-likeness (QED) is 0.513. The predicted octanol–water partition coefficient (Wildman–Crippen LogP) is -0.700. The van der Waals surface area contributed by atoms with Crippen LogP contribution < -0.4 is 10.6 Å². The molecule has 7 nitrogen and oxygen atoms in total. The Balaban J connectivity index is 2.19. The molecule has 0 saturated carbocycles. The third kappa shape index (κ3) is 4.58. The Hall–Kier alpha value is -1.34. The van der Waals surface area contributed by atoms with E-state index in [1.165, 1.54) is 0 Å². The molecule has 17 heavy (non-hydrogen) atoms. The molecular weight excluding hydrogens is 228 g/mol. The number of aliphatic carboxylic acids is 1. The van der Waals surface area contributed by atoms with Gasteiger partial charge in [-0.15, -0.1) is 0 Å². The van der Waals surface area contributed by atoms with E-state index in [2.05, 4.69) is 10.6 Å². The number of carbonyl (C=O) groups excluding carboxylic acids is 1. The Morgan fingerprint density at radius 3 is 2.76 bits per heavy atom. The number of carboxylic acid groups (broad SMARTS) is 1. The van der Waals surface area contributed by atoms with Gasteiger partial charge in [0.05, 0.1) is 12.1 Å². The molecule has 2 atom stereocenters. The molecule has 0 spiro atoms. The fourth-order valence-corrected chi connectivity index (χ4v) is 1.53. The van der Waals surface area contributed by atoms with Crippen LogP contribution in [0.15, 0.2) is 0 Å². The maximum absolute atomic E-state index is 11.4. The van der Waals surface area contributed by atoms with E-state index in [1.807, 2.05) is 6.92 Å². The molecule has 1 heterocycles. The van der Waals surface area contributed by atoms with Crippen molar-refractivity contribution < 1.29 is 24.5 Å². The van der Waals surface area contributed by atoms with Crippen LogP contribution in [0, 0.1) is 0 Å². The van der Waals surface area contributed by atoms with Crippen LogP contribution >= 0.6 is 0 Å². The highest BCUT2D eigenvalue weighted by Gasteiger charge is 2.31. The molecule has 1 rings (SSSR count). The zero-order chi connectivity index (χ0) is 12.9. The van der Waals surface area contributed by atoms with Crippen molar-refractivity contribution in [1.82, 2.24) is 10.6 Å². The summed E-state index contributed by atoms with van der Waals surface area (Å²) < 4.78 is 5.17. The highest BCUT2D eigenvalue weighted by molar-refractivity contribution is 5.75. The third-order valence-corrected chi connectivity index (χ3v) is 2.62. The molecule has 0 aliphatic carbocycles. The molecule has 0 aromatic rings. The number of rotatable bonds is 5. The minimum atomic E-state index is -1.44. The summed E-state index contributed by atoms with van der Waals surface area (Å²) >= 11 is 0. The number of carbonyl (C=O) groups is 2. The molecule has 1 unspecified atom stereocenters. The largest absolute Gasteiger partial charge is 0.479 e. The van der Waals surface area contributed by atoms with Crippen molar-refractivity contribution in [2.24, 2.45) is 0 Å². The lowest BCUT2D eigenvalue weighted by Crippen LogP contribution is -2.51. The zero-order valence-corrected chi connectivity index (χ0v) is 9.73. The van der Waals surface area contributed by atoms with Gasteiger partial charge >= 0.3 is 12.0 Å². The van der Waals surface area contributed by atoms with Gasteiger partial charge in [0.1, 0.15) is 0 Å². The summed E-state index contributed by atoms with van der Waals surface area (Å²) in [6.07, 6.45) is -0.713. The van der Waals surface area contributed by atoms with Crippen molar-refractivity contribution in [1.29, 1.82) is 0 Å². The summed E-state index contributed by atoms with van der Waals surface area (Å²) in [5.74, 6) is -1.29. The van der Waals surface area contributed by atoms with Gasteiger partial charge in [0, 0.05) is 19.6 Å². The molecule has 98 valence electrons. The fourth-order valence-electron chi connectivity index (χ4n) is 1.53. The van der Waals surface area contributed by atoms with Gasteiger partial charge in [-0.05, 0) is 13.3 Å². The van der Waals surface area contributed by atoms with Crippen molar-refractivity contribution in [2.75, 3.05) is 19.8 Å². The average Bonchev–Trinajstić information content (AvgIpc) is 2.64. The van der Waals surface area contributed by atoms with Crippen LogP contribution in [0.25, 0.3) is 0 Å². The van der Waals surface area contributed by atoms with E-state index in [0.717, 1.165) is 6.42 Å². The number of hydrogen-bond acceptors (Lipinski definition) is 4. The number of aliphatic hydroxyl groups excluding tert-OH is 1. The molecular formula is C10H18N2O5. The summed E-state index contributed by atoms with van der Waals surface area (Å²) in [6.45, 7) is 3.08. The number of hydrogen-bond donors (Lipinski definition) is 4. The van der Waals surface area contributed by atoms with Crippen molar-refractivity contribution in [2.45, 2.75) is 31.4 Å². The lowest BCUT2D eigenvalue weighted by Gasteiger charge is -2.23. The highest BCUT2D eigenvalue weighted by atomic mass is 16.5. The maximum atomic E-state index is 11.4. The fraction of sp³-hybridized carbons (Fsp3) is 0.800. The summed E-state index contributed by atoms with van der Waals surface area (Å²) in [7, 11) is 0. The van der Waals surface area contributed by atoms with Gasteiger partial charge in [-0.2, -0.15) is 0 Å². The summed E-state index contributed by atoms with van der Waals surface area (Å²) in [5, 5.41) is 22.7. The Morgan fingerprint density at radius 1 is 1.53 bits per heavy atom. The first kappa shape index (κ1) is 13.7. The van der Waals surface area contributed by atoms with E-state index in [0.29, 0.717) is 13.2 Å². The standard InChI is InChI=1S/C10H18N2O5/c1-10(3-5-17-6-10)12-9(16)11-4-2-7(13)8(14)15/h7,13H,2-6H2,1H3,(H,14,15)(H2,11,12,16)/t7-,10?/m0/s1. The van der Waals surface area contributed by atoms with Gasteiger partial charge in [0.25, 0.3) is 0 Å². The molecule has 0 aromatic heterocycles. The van der Waals surface area contributed by atoms with Gasteiger partial charge in [0.15, 0.2) is 6.10 Å². The van der Waals surface area contributed by atoms with Gasteiger partial charge in [0.2, 0.25) is 0 Å². The molecule has 0 bridgehead atoms. The van der Waals surface area contributed by atoms with E-state index in [1.54, 1.807) is 0 Å². The van der Waals surface area contributed by atoms with Crippen LogP contribution in [0.1, 0.15) is 19.8 Å². The molecule has 1 fully saturated rings. The van der Waals surface area contributed by atoms with E-state index >= 15 is 0 Å². The molecule has 0 aromatic carbocycles. The summed E-state index contributed by atoms with van der Waals surface area (Å²) in [4.78, 5) is 21.8. The Kier molecular flexibility index (Phi) is 4.71. The van der Waals surface area contributed by atoms with Gasteiger partial charge < -0.3 is 25.6 Å². The molecule has 1 aliphatic heterocycles. The van der Waals surface area contributed by atoms with Crippen molar-refractivity contribution in [3.63, 3.8) is 0 Å². The van der Waals surface area contributed by atoms with Crippen LogP contribution in [0.5, 0.6) is 0 Å². The van der Waals surface area contributed by atoms with Gasteiger partial charge in [-0.1, -0.05) is 0 Å². The van der Waals surface area contributed by atoms with E-state index in [-0.39, 0.29) is 24.5 Å². The molecule has 4 N–H and O–H groups in total. The van der Waals surface area contributed by atoms with Crippen LogP contribution in [0.3, 0.4) is 0 Å². The number of carboxylic acids is 1. The summed E-state index contributed by atoms with van der Waals surface area (Å²) in [6, 6.07) is -0.379. The SMILES string of the molecule is CC1(NC(=O)NCC[C@H](O)C(=O)O)CCOC1. The Labute approximate surface area is 99.1 Å². The lowest BCUT2D eigenvalue weighted by atomic mass is 10.0. The second-order valence-electron chi connectivity index (χ2n) is 4.39. The number of amides is 2. The number of urea groups is 1. The van der Waals surface area contributed by atoms with Gasteiger partial charge in [-0.25, -0.2) is 9.59 Å². The number of nitrogens with one attached hydrogen (secondary N) is 2. The Bertz CT molecular complexity index is 288. The monoisotopic (exact) mass is 246 g/mol. The van der Waals surface area contributed by atoms with Crippen LogP contribution in [0.2, 0.25) is 0 Å². The maximum Gasteiger partial charge on any atom is 0.332 e. The molecule has 1 aliphatic rings. The molecule has 1 saturated heterocycles. The Morgan fingerprint density at radius 2 is 2.24 bits per heavy atom. The second-order valence-corrected chi connectivity index (χ2v) is 4.39. The van der Waals surface area contributed by atoms with Crippen LogP contribution in [0.4, 0.5) is 4.79 Å². The minimum absolute atomic E-state index is 0.0179. The first-order chi connectivity index (χ1) is 7.93. The second kappa shape index (κ2) is 5.83. The first-order valence-corrected chi connectivity index (χ1v) is 5.47. The highest BCUT2D eigenvalue weighted by Crippen LogP contribution is 2.16. The zero-order valence-electron chi connectivity index (χ0n) is 9.73. The number of aliphatic hydroxyl groups is 1. The lowest BCUT2D eigenvalue weighted by molar-refractivity contribution is -0.146. The third-order valence-electron chi connectivity index (χ3n) is 2.62. The van der Waals surface area contributed by atoms with E-state index < -0.39 is 12.1 Å². The minimum Gasteiger partial charge on any atom is -0.479 e. The van der Waals surface area contributed by atoms with Crippen molar-refractivity contribution >= 4 is 12.0 Å².